The van der Waals surface area contributed by atoms with Crippen molar-refractivity contribution in [2.24, 2.45) is 0 Å². The lowest BCUT2D eigenvalue weighted by Crippen LogP contribution is -2.42. The molecule has 1 heterocycles. The van der Waals surface area contributed by atoms with Gasteiger partial charge in [-0.3, -0.25) is 10.1 Å². The zero-order valence-electron chi connectivity index (χ0n) is 10.7. The molecule has 18 heavy (non-hydrogen) atoms. The Morgan fingerprint density at radius 1 is 1.50 bits per heavy atom. The SMILES string of the molecule is COCCNC(=O)C(C)NCc1ccc(CO)o1. The van der Waals surface area contributed by atoms with Crippen molar-refractivity contribution >= 4 is 5.91 Å². The minimum absolute atomic E-state index is 0.0824. The molecule has 102 valence electrons. The molecule has 0 saturated carbocycles. The Hall–Kier alpha value is -1.37. The Morgan fingerprint density at radius 2 is 2.22 bits per heavy atom. The van der Waals surface area contributed by atoms with Crippen molar-refractivity contribution in [2.75, 3.05) is 20.3 Å². The maximum atomic E-state index is 11.6. The molecule has 0 saturated heterocycles. The molecule has 0 aromatic carbocycles. The number of aliphatic hydroxyl groups excluding tert-OH is 1. The van der Waals surface area contributed by atoms with Gasteiger partial charge < -0.3 is 19.6 Å². The highest BCUT2D eigenvalue weighted by Crippen LogP contribution is 2.07. The highest BCUT2D eigenvalue weighted by atomic mass is 16.5. The molecule has 0 spiro atoms. The highest BCUT2D eigenvalue weighted by Gasteiger charge is 2.12. The Balaban J connectivity index is 2.27. The van der Waals surface area contributed by atoms with Crippen molar-refractivity contribution in [3.63, 3.8) is 0 Å². The molecular formula is C12H20N2O4. The van der Waals surface area contributed by atoms with Crippen LogP contribution in [0, 0.1) is 0 Å². The number of hydrogen-bond donors (Lipinski definition) is 3. The van der Waals surface area contributed by atoms with Gasteiger partial charge in [-0.1, -0.05) is 0 Å². The molecule has 1 rings (SSSR count). The molecule has 0 aliphatic heterocycles. The number of carbonyl (C=O) groups is 1. The molecule has 0 aliphatic carbocycles. The van der Waals surface area contributed by atoms with E-state index in [1.54, 1.807) is 26.2 Å². The van der Waals surface area contributed by atoms with Crippen molar-refractivity contribution in [2.45, 2.75) is 26.1 Å². The number of rotatable bonds is 8. The van der Waals surface area contributed by atoms with Gasteiger partial charge >= 0.3 is 0 Å². The summed E-state index contributed by atoms with van der Waals surface area (Å²) in [5.74, 6) is 1.13. The number of carbonyl (C=O) groups excluding carboxylic acids is 1. The molecule has 1 amide bonds. The maximum absolute atomic E-state index is 11.6. The predicted molar refractivity (Wildman–Crippen MR) is 65.8 cm³/mol. The zero-order valence-corrected chi connectivity index (χ0v) is 10.7. The van der Waals surface area contributed by atoms with Crippen LogP contribution in [0.5, 0.6) is 0 Å². The molecule has 1 atom stereocenters. The van der Waals surface area contributed by atoms with Gasteiger partial charge in [0.1, 0.15) is 18.1 Å². The van der Waals surface area contributed by atoms with E-state index in [0.717, 1.165) is 0 Å². The molecule has 1 aromatic heterocycles. The van der Waals surface area contributed by atoms with Crippen molar-refractivity contribution in [3.05, 3.63) is 23.7 Å². The second-order valence-corrected chi connectivity index (χ2v) is 3.91. The van der Waals surface area contributed by atoms with Gasteiger partial charge in [0.25, 0.3) is 0 Å². The molecule has 6 nitrogen and oxygen atoms in total. The van der Waals surface area contributed by atoms with E-state index in [9.17, 15) is 4.79 Å². The first-order chi connectivity index (χ1) is 8.67. The van der Waals surface area contributed by atoms with E-state index in [4.69, 9.17) is 14.3 Å². The van der Waals surface area contributed by atoms with Gasteiger partial charge in [0, 0.05) is 13.7 Å². The topological polar surface area (TPSA) is 83.7 Å². The molecular weight excluding hydrogens is 236 g/mol. The summed E-state index contributed by atoms with van der Waals surface area (Å²) in [5, 5.41) is 14.6. The van der Waals surface area contributed by atoms with Crippen molar-refractivity contribution in [1.82, 2.24) is 10.6 Å². The maximum Gasteiger partial charge on any atom is 0.236 e. The number of furan rings is 1. The molecule has 1 aromatic rings. The summed E-state index contributed by atoms with van der Waals surface area (Å²) in [6.45, 7) is 3.09. The van der Waals surface area contributed by atoms with E-state index < -0.39 is 0 Å². The van der Waals surface area contributed by atoms with Crippen LogP contribution in [0.1, 0.15) is 18.4 Å². The number of methoxy groups -OCH3 is 1. The van der Waals surface area contributed by atoms with E-state index >= 15 is 0 Å². The third-order valence-corrected chi connectivity index (χ3v) is 2.45. The van der Waals surface area contributed by atoms with Gasteiger partial charge in [0.05, 0.1) is 19.2 Å². The number of amides is 1. The fourth-order valence-corrected chi connectivity index (χ4v) is 1.38. The number of nitrogens with one attached hydrogen (secondary N) is 2. The monoisotopic (exact) mass is 256 g/mol. The van der Waals surface area contributed by atoms with Crippen molar-refractivity contribution in [1.29, 1.82) is 0 Å². The zero-order chi connectivity index (χ0) is 13.4. The highest BCUT2D eigenvalue weighted by molar-refractivity contribution is 5.81. The van der Waals surface area contributed by atoms with Crippen molar-refractivity contribution in [3.8, 4) is 0 Å². The second-order valence-electron chi connectivity index (χ2n) is 3.91. The van der Waals surface area contributed by atoms with Crippen LogP contribution < -0.4 is 10.6 Å². The summed E-state index contributed by atoms with van der Waals surface area (Å²) in [4.78, 5) is 11.6. The van der Waals surface area contributed by atoms with Crippen LogP contribution in [0.3, 0.4) is 0 Å². The van der Waals surface area contributed by atoms with E-state index in [1.165, 1.54) is 0 Å². The molecule has 0 fully saturated rings. The Bertz CT molecular complexity index is 365. The molecule has 1 unspecified atom stereocenters. The summed E-state index contributed by atoms with van der Waals surface area (Å²) in [5.41, 5.74) is 0. The number of aliphatic hydroxyl groups is 1. The third kappa shape index (κ3) is 4.87. The minimum Gasteiger partial charge on any atom is -0.462 e. The van der Waals surface area contributed by atoms with Gasteiger partial charge in [-0.05, 0) is 19.1 Å². The lowest BCUT2D eigenvalue weighted by Gasteiger charge is -2.12. The van der Waals surface area contributed by atoms with Crippen LogP contribution in [0.4, 0.5) is 0 Å². The lowest BCUT2D eigenvalue weighted by molar-refractivity contribution is -0.123. The standard InChI is InChI=1S/C12H20N2O4/c1-9(12(16)13-5-6-17-2)14-7-10-3-4-11(8-15)18-10/h3-4,9,14-15H,5-8H2,1-2H3,(H,13,16). The fraction of sp³-hybridized carbons (Fsp3) is 0.583. The van der Waals surface area contributed by atoms with Gasteiger partial charge in [-0.15, -0.1) is 0 Å². The third-order valence-electron chi connectivity index (χ3n) is 2.45. The first-order valence-electron chi connectivity index (χ1n) is 5.86. The van der Waals surface area contributed by atoms with Crippen LogP contribution in [-0.2, 0) is 22.7 Å². The number of hydrogen-bond acceptors (Lipinski definition) is 5. The second kappa shape index (κ2) is 7.86. The Kier molecular flexibility index (Phi) is 6.42. The summed E-state index contributed by atoms with van der Waals surface area (Å²) in [6.07, 6.45) is 0. The van der Waals surface area contributed by atoms with Gasteiger partial charge in [-0.2, -0.15) is 0 Å². The average molecular weight is 256 g/mol. The van der Waals surface area contributed by atoms with Crippen LogP contribution in [0.2, 0.25) is 0 Å². The Morgan fingerprint density at radius 3 is 2.83 bits per heavy atom. The van der Waals surface area contributed by atoms with E-state index in [2.05, 4.69) is 10.6 Å². The smallest absolute Gasteiger partial charge is 0.236 e. The first kappa shape index (κ1) is 14.7. The fourth-order valence-electron chi connectivity index (χ4n) is 1.38. The summed E-state index contributed by atoms with van der Waals surface area (Å²) < 4.78 is 10.1. The van der Waals surface area contributed by atoms with Gasteiger partial charge in [0.2, 0.25) is 5.91 Å². The summed E-state index contributed by atoms with van der Waals surface area (Å²) >= 11 is 0. The van der Waals surface area contributed by atoms with Gasteiger partial charge in [-0.25, -0.2) is 0 Å². The van der Waals surface area contributed by atoms with E-state index in [-0.39, 0.29) is 18.6 Å². The van der Waals surface area contributed by atoms with Crippen LogP contribution >= 0.6 is 0 Å². The van der Waals surface area contributed by atoms with Crippen LogP contribution in [0.15, 0.2) is 16.5 Å². The Labute approximate surface area is 106 Å². The lowest BCUT2D eigenvalue weighted by atomic mass is 10.3. The van der Waals surface area contributed by atoms with Crippen LogP contribution in [0.25, 0.3) is 0 Å². The largest absolute Gasteiger partial charge is 0.462 e. The summed E-state index contributed by atoms with van der Waals surface area (Å²) in [6, 6.07) is 3.17. The van der Waals surface area contributed by atoms with Crippen molar-refractivity contribution < 1.29 is 19.1 Å². The average Bonchev–Trinajstić information content (AvgIpc) is 2.84. The van der Waals surface area contributed by atoms with Gasteiger partial charge in [0.15, 0.2) is 0 Å². The molecule has 6 heteroatoms. The van der Waals surface area contributed by atoms with E-state index in [1.807, 2.05) is 0 Å². The predicted octanol–water partition coefficient (Wildman–Crippen LogP) is 0.0126. The molecule has 0 radical (unpaired) electrons. The molecule has 0 bridgehead atoms. The normalized spacial score (nSPS) is 12.4. The quantitative estimate of drug-likeness (QED) is 0.571. The number of ether oxygens (including phenoxy) is 1. The van der Waals surface area contributed by atoms with E-state index in [0.29, 0.717) is 31.2 Å². The summed E-state index contributed by atoms with van der Waals surface area (Å²) in [7, 11) is 1.59. The molecule has 3 N–H and O–H groups in total. The minimum atomic E-state index is -0.315. The molecule has 0 aliphatic rings. The van der Waals surface area contributed by atoms with Crippen LogP contribution in [-0.4, -0.2) is 37.3 Å². The first-order valence-corrected chi connectivity index (χ1v) is 5.86.